The number of furan rings is 1. The zero-order valence-electron chi connectivity index (χ0n) is 11.5. The van der Waals surface area contributed by atoms with Crippen molar-refractivity contribution in [3.8, 4) is 0 Å². The smallest absolute Gasteiger partial charge is 0.152 e. The normalized spacial score (nSPS) is 21.3. The molecule has 0 saturated carbocycles. The molecule has 1 aromatic heterocycles. The second kappa shape index (κ2) is 5.43. The molecule has 1 aromatic carbocycles. The second-order valence-corrected chi connectivity index (χ2v) is 6.84. The molecule has 1 unspecified atom stereocenters. The number of anilines is 1. The standard InChI is InChI=1S/C16H15ClN2OS/c17-11-3-4-14-13(8-11)16(15-2-1-6-20-15)18-9-12-10-21-7-5-19(12)14/h1-4,6,8,12H,5,7,9-10H2. The Morgan fingerprint density at radius 2 is 2.29 bits per heavy atom. The lowest BCUT2D eigenvalue weighted by atomic mass is 10.0. The van der Waals surface area contributed by atoms with Crippen molar-refractivity contribution in [2.24, 2.45) is 4.99 Å². The Bertz CT molecular complexity index is 684. The molecular weight excluding hydrogens is 304 g/mol. The van der Waals surface area contributed by atoms with Crippen LogP contribution in [0.2, 0.25) is 5.02 Å². The maximum Gasteiger partial charge on any atom is 0.152 e. The zero-order chi connectivity index (χ0) is 14.2. The van der Waals surface area contributed by atoms with Crippen molar-refractivity contribution in [2.45, 2.75) is 6.04 Å². The third-order valence-electron chi connectivity index (χ3n) is 3.97. The predicted octanol–water partition coefficient (Wildman–Crippen LogP) is 3.71. The second-order valence-electron chi connectivity index (χ2n) is 5.25. The van der Waals surface area contributed by atoms with Crippen molar-refractivity contribution in [3.63, 3.8) is 0 Å². The van der Waals surface area contributed by atoms with Gasteiger partial charge >= 0.3 is 0 Å². The molecule has 3 heterocycles. The number of nitrogens with zero attached hydrogens (tertiary/aromatic N) is 2. The van der Waals surface area contributed by atoms with Gasteiger partial charge in [-0.1, -0.05) is 11.6 Å². The van der Waals surface area contributed by atoms with Gasteiger partial charge in [0.05, 0.1) is 18.8 Å². The van der Waals surface area contributed by atoms with Crippen LogP contribution < -0.4 is 4.90 Å². The molecule has 1 saturated heterocycles. The summed E-state index contributed by atoms with van der Waals surface area (Å²) in [5.74, 6) is 3.09. The van der Waals surface area contributed by atoms with Crippen LogP contribution in [0.1, 0.15) is 11.3 Å². The molecule has 108 valence electrons. The van der Waals surface area contributed by atoms with Crippen molar-refractivity contribution >= 4 is 34.8 Å². The Morgan fingerprint density at radius 1 is 1.33 bits per heavy atom. The number of halogens is 1. The van der Waals surface area contributed by atoms with E-state index in [0.29, 0.717) is 6.04 Å². The molecule has 0 N–H and O–H groups in total. The molecule has 3 nitrogen and oxygen atoms in total. The summed E-state index contributed by atoms with van der Waals surface area (Å²) in [5.41, 5.74) is 3.21. The van der Waals surface area contributed by atoms with Gasteiger partial charge in [-0.25, -0.2) is 0 Å². The first-order valence-electron chi connectivity index (χ1n) is 7.05. The van der Waals surface area contributed by atoms with Gasteiger partial charge < -0.3 is 9.32 Å². The maximum absolute atomic E-state index is 6.22. The number of hydrogen-bond acceptors (Lipinski definition) is 4. The average molecular weight is 319 g/mol. The molecule has 0 bridgehead atoms. The van der Waals surface area contributed by atoms with E-state index in [1.54, 1.807) is 6.26 Å². The number of benzene rings is 1. The third-order valence-corrected chi connectivity index (χ3v) is 5.29. The van der Waals surface area contributed by atoms with E-state index < -0.39 is 0 Å². The first-order chi connectivity index (χ1) is 10.3. The van der Waals surface area contributed by atoms with Crippen molar-refractivity contribution in [2.75, 3.05) is 29.5 Å². The molecule has 2 aliphatic rings. The van der Waals surface area contributed by atoms with E-state index in [2.05, 4.69) is 11.0 Å². The lowest BCUT2D eigenvalue weighted by Crippen LogP contribution is -2.44. The van der Waals surface area contributed by atoms with E-state index in [-0.39, 0.29) is 0 Å². The predicted molar refractivity (Wildman–Crippen MR) is 89.1 cm³/mol. The van der Waals surface area contributed by atoms with Crippen LogP contribution in [0.25, 0.3) is 0 Å². The molecule has 2 aliphatic heterocycles. The summed E-state index contributed by atoms with van der Waals surface area (Å²) in [6.07, 6.45) is 1.69. The van der Waals surface area contributed by atoms with Crippen LogP contribution in [0.5, 0.6) is 0 Å². The summed E-state index contributed by atoms with van der Waals surface area (Å²) < 4.78 is 5.58. The molecule has 0 aliphatic carbocycles. The highest BCUT2D eigenvalue weighted by Crippen LogP contribution is 2.33. The van der Waals surface area contributed by atoms with E-state index in [0.717, 1.165) is 46.7 Å². The molecule has 0 spiro atoms. The molecule has 1 fully saturated rings. The van der Waals surface area contributed by atoms with Crippen LogP contribution in [-0.2, 0) is 0 Å². The molecule has 21 heavy (non-hydrogen) atoms. The molecule has 0 radical (unpaired) electrons. The van der Waals surface area contributed by atoms with Crippen LogP contribution in [0, 0.1) is 0 Å². The first kappa shape index (κ1) is 13.3. The Hall–Kier alpha value is -1.39. The minimum Gasteiger partial charge on any atom is -0.463 e. The van der Waals surface area contributed by atoms with E-state index in [4.69, 9.17) is 21.0 Å². The van der Waals surface area contributed by atoms with Crippen LogP contribution >= 0.6 is 23.4 Å². The Morgan fingerprint density at radius 3 is 3.14 bits per heavy atom. The Labute approximate surface area is 133 Å². The fraction of sp³-hybridized carbons (Fsp3) is 0.312. The van der Waals surface area contributed by atoms with Gasteiger partial charge in [-0.2, -0.15) is 11.8 Å². The highest BCUT2D eigenvalue weighted by molar-refractivity contribution is 7.99. The highest BCUT2D eigenvalue weighted by Gasteiger charge is 2.29. The maximum atomic E-state index is 6.22. The SMILES string of the molecule is Clc1ccc2c(c1)C(c1ccco1)=NCC1CSCCN21. The lowest BCUT2D eigenvalue weighted by Gasteiger charge is -2.36. The number of aliphatic imine (C=N–C) groups is 1. The van der Waals surface area contributed by atoms with E-state index >= 15 is 0 Å². The summed E-state index contributed by atoms with van der Waals surface area (Å²) in [4.78, 5) is 7.32. The van der Waals surface area contributed by atoms with Gasteiger partial charge in [-0.05, 0) is 30.3 Å². The minimum absolute atomic E-state index is 0.455. The Balaban J connectivity index is 1.89. The van der Waals surface area contributed by atoms with Gasteiger partial charge in [0.2, 0.25) is 0 Å². The first-order valence-corrected chi connectivity index (χ1v) is 8.59. The van der Waals surface area contributed by atoms with Crippen LogP contribution in [0.4, 0.5) is 5.69 Å². The van der Waals surface area contributed by atoms with Crippen molar-refractivity contribution in [3.05, 3.63) is 52.9 Å². The van der Waals surface area contributed by atoms with Crippen LogP contribution in [0.15, 0.2) is 46.0 Å². The van der Waals surface area contributed by atoms with Crippen LogP contribution in [0.3, 0.4) is 0 Å². The van der Waals surface area contributed by atoms with Crippen molar-refractivity contribution in [1.29, 1.82) is 0 Å². The van der Waals surface area contributed by atoms with E-state index in [1.165, 1.54) is 5.69 Å². The summed E-state index contributed by atoms with van der Waals surface area (Å²) in [6.45, 7) is 1.86. The van der Waals surface area contributed by atoms with E-state index in [9.17, 15) is 0 Å². The average Bonchev–Trinajstić information content (AvgIpc) is 2.97. The van der Waals surface area contributed by atoms with E-state index in [1.807, 2.05) is 36.0 Å². The lowest BCUT2D eigenvalue weighted by molar-refractivity contribution is 0.557. The summed E-state index contributed by atoms with van der Waals surface area (Å²) >= 11 is 8.23. The number of hydrogen-bond donors (Lipinski definition) is 0. The fourth-order valence-corrected chi connectivity index (χ4v) is 4.20. The topological polar surface area (TPSA) is 28.7 Å². The molecule has 2 aromatic rings. The zero-order valence-corrected chi connectivity index (χ0v) is 13.0. The number of fused-ring (bicyclic) bond motifs is 3. The summed E-state index contributed by atoms with van der Waals surface area (Å²) in [5, 5.41) is 0.734. The largest absolute Gasteiger partial charge is 0.463 e. The van der Waals surface area contributed by atoms with Crippen LogP contribution in [-0.4, -0.2) is 36.3 Å². The van der Waals surface area contributed by atoms with Gasteiger partial charge in [-0.15, -0.1) is 0 Å². The molecular formula is C16H15ClN2OS. The monoisotopic (exact) mass is 318 g/mol. The third kappa shape index (κ3) is 2.36. The van der Waals surface area contributed by atoms with Gasteiger partial charge in [0.25, 0.3) is 0 Å². The Kier molecular flexibility index (Phi) is 3.43. The molecule has 5 heteroatoms. The quantitative estimate of drug-likeness (QED) is 0.802. The number of rotatable bonds is 1. The molecule has 0 amide bonds. The van der Waals surface area contributed by atoms with Crippen molar-refractivity contribution < 1.29 is 4.42 Å². The number of thioether (sulfide) groups is 1. The van der Waals surface area contributed by atoms with Crippen molar-refractivity contribution in [1.82, 2.24) is 0 Å². The van der Waals surface area contributed by atoms with Gasteiger partial charge in [0, 0.05) is 34.3 Å². The van der Waals surface area contributed by atoms with Gasteiger partial charge in [0.15, 0.2) is 5.76 Å². The van der Waals surface area contributed by atoms with Gasteiger partial charge in [0.1, 0.15) is 5.71 Å². The minimum atomic E-state index is 0.455. The molecule has 4 rings (SSSR count). The molecule has 1 atom stereocenters. The van der Waals surface area contributed by atoms with Gasteiger partial charge in [-0.3, -0.25) is 4.99 Å². The summed E-state index contributed by atoms with van der Waals surface area (Å²) in [7, 11) is 0. The fourth-order valence-electron chi connectivity index (χ4n) is 2.98. The summed E-state index contributed by atoms with van der Waals surface area (Å²) in [6, 6.07) is 10.4. The highest BCUT2D eigenvalue weighted by atomic mass is 35.5.